The van der Waals surface area contributed by atoms with Crippen molar-refractivity contribution in [1.29, 1.82) is 0 Å². The Hall–Kier alpha value is -1.00. The van der Waals surface area contributed by atoms with Gasteiger partial charge in [-0.3, -0.25) is 10.1 Å². The molecule has 3 nitrogen and oxygen atoms in total. The fourth-order valence-corrected chi connectivity index (χ4v) is 3.29. The quantitative estimate of drug-likeness (QED) is 0.859. The van der Waals surface area contributed by atoms with Crippen LogP contribution >= 0.6 is 11.8 Å². The first-order valence-corrected chi connectivity index (χ1v) is 7.56. The Morgan fingerprint density at radius 3 is 2.67 bits per heavy atom. The van der Waals surface area contributed by atoms with E-state index in [1.807, 2.05) is 42.1 Å². The van der Waals surface area contributed by atoms with Crippen LogP contribution in [0, 0.1) is 0 Å². The highest BCUT2D eigenvalue weighted by Gasteiger charge is 2.29. The first-order valence-electron chi connectivity index (χ1n) is 6.27. The standard InChI is InChI=1S/C14H19NO2S/c1-18-12-8-7-11(9-12)15-13(14(16)17)10-5-3-2-4-6-10/h2-6,11-13,15H,7-9H2,1H3,(H,16,17). The van der Waals surface area contributed by atoms with Crippen LogP contribution in [-0.2, 0) is 4.79 Å². The largest absolute Gasteiger partial charge is 0.480 e. The molecule has 1 saturated carbocycles. The van der Waals surface area contributed by atoms with E-state index in [9.17, 15) is 9.90 Å². The Balaban J connectivity index is 2.02. The summed E-state index contributed by atoms with van der Waals surface area (Å²) in [6.45, 7) is 0. The molecule has 0 heterocycles. The molecule has 4 heteroatoms. The summed E-state index contributed by atoms with van der Waals surface area (Å²) in [5.74, 6) is -0.797. The van der Waals surface area contributed by atoms with E-state index in [-0.39, 0.29) is 0 Å². The summed E-state index contributed by atoms with van der Waals surface area (Å²) in [6, 6.07) is 9.14. The molecule has 0 spiro atoms. The van der Waals surface area contributed by atoms with Gasteiger partial charge in [-0.15, -0.1) is 0 Å². The van der Waals surface area contributed by atoms with Crippen molar-refractivity contribution in [3.63, 3.8) is 0 Å². The minimum atomic E-state index is -0.797. The lowest BCUT2D eigenvalue weighted by Crippen LogP contribution is -2.35. The molecule has 2 rings (SSSR count). The zero-order chi connectivity index (χ0) is 13.0. The number of thioether (sulfide) groups is 1. The van der Waals surface area contributed by atoms with Crippen LogP contribution in [0.3, 0.4) is 0 Å². The summed E-state index contributed by atoms with van der Waals surface area (Å²) in [4.78, 5) is 11.4. The van der Waals surface area contributed by atoms with Crippen LogP contribution in [0.4, 0.5) is 0 Å². The summed E-state index contributed by atoms with van der Waals surface area (Å²) in [5, 5.41) is 13.3. The monoisotopic (exact) mass is 265 g/mol. The number of carboxylic acid groups (broad SMARTS) is 1. The zero-order valence-electron chi connectivity index (χ0n) is 10.5. The van der Waals surface area contributed by atoms with Crippen LogP contribution in [0.25, 0.3) is 0 Å². The van der Waals surface area contributed by atoms with Crippen molar-refractivity contribution in [1.82, 2.24) is 5.32 Å². The van der Waals surface area contributed by atoms with E-state index in [0.29, 0.717) is 11.3 Å². The molecule has 0 saturated heterocycles. The molecule has 1 aromatic carbocycles. The minimum absolute atomic E-state index is 0.323. The average molecular weight is 265 g/mol. The molecule has 1 aliphatic carbocycles. The van der Waals surface area contributed by atoms with E-state index < -0.39 is 12.0 Å². The predicted octanol–water partition coefficient (Wildman–Crippen LogP) is 2.69. The van der Waals surface area contributed by atoms with Crippen LogP contribution in [-0.4, -0.2) is 28.6 Å². The zero-order valence-corrected chi connectivity index (χ0v) is 11.3. The van der Waals surface area contributed by atoms with Crippen molar-refractivity contribution >= 4 is 17.7 Å². The molecule has 1 aromatic rings. The van der Waals surface area contributed by atoms with Gasteiger partial charge in [-0.25, -0.2) is 0 Å². The molecule has 0 radical (unpaired) electrons. The minimum Gasteiger partial charge on any atom is -0.480 e. The Kier molecular flexibility index (Phi) is 4.66. The van der Waals surface area contributed by atoms with Gasteiger partial charge in [0.2, 0.25) is 0 Å². The number of aliphatic carboxylic acids is 1. The molecule has 1 fully saturated rings. The van der Waals surface area contributed by atoms with Gasteiger partial charge in [0, 0.05) is 11.3 Å². The van der Waals surface area contributed by atoms with E-state index >= 15 is 0 Å². The van der Waals surface area contributed by atoms with Gasteiger partial charge in [-0.05, 0) is 31.1 Å². The van der Waals surface area contributed by atoms with Gasteiger partial charge < -0.3 is 5.11 Å². The molecule has 1 aliphatic rings. The van der Waals surface area contributed by atoms with Crippen LogP contribution in [0.5, 0.6) is 0 Å². The smallest absolute Gasteiger partial charge is 0.325 e. The first kappa shape index (κ1) is 13.4. The van der Waals surface area contributed by atoms with Gasteiger partial charge in [-0.2, -0.15) is 11.8 Å². The normalized spacial score (nSPS) is 24.9. The van der Waals surface area contributed by atoms with Gasteiger partial charge in [0.05, 0.1) is 0 Å². The van der Waals surface area contributed by atoms with Crippen molar-refractivity contribution in [3.8, 4) is 0 Å². The number of carboxylic acids is 1. The molecular formula is C14H19NO2S. The maximum Gasteiger partial charge on any atom is 0.325 e. The highest BCUT2D eigenvalue weighted by molar-refractivity contribution is 7.99. The van der Waals surface area contributed by atoms with Crippen molar-refractivity contribution in [3.05, 3.63) is 35.9 Å². The molecule has 0 bridgehead atoms. The highest BCUT2D eigenvalue weighted by atomic mass is 32.2. The van der Waals surface area contributed by atoms with Crippen LogP contribution in [0.2, 0.25) is 0 Å². The van der Waals surface area contributed by atoms with Crippen molar-refractivity contribution in [2.75, 3.05) is 6.26 Å². The Bertz CT molecular complexity index is 396. The van der Waals surface area contributed by atoms with Crippen molar-refractivity contribution in [2.24, 2.45) is 0 Å². The number of hydrogen-bond acceptors (Lipinski definition) is 3. The highest BCUT2D eigenvalue weighted by Crippen LogP contribution is 2.29. The summed E-state index contributed by atoms with van der Waals surface area (Å²) < 4.78 is 0. The van der Waals surface area contributed by atoms with Gasteiger partial charge in [0.25, 0.3) is 0 Å². The maximum absolute atomic E-state index is 11.4. The van der Waals surface area contributed by atoms with Crippen molar-refractivity contribution in [2.45, 2.75) is 36.6 Å². The van der Waals surface area contributed by atoms with Gasteiger partial charge in [0.15, 0.2) is 0 Å². The second kappa shape index (κ2) is 6.25. The van der Waals surface area contributed by atoms with E-state index in [1.54, 1.807) is 0 Å². The van der Waals surface area contributed by atoms with Gasteiger partial charge in [-0.1, -0.05) is 30.3 Å². The Labute approximate surface area is 112 Å². The van der Waals surface area contributed by atoms with E-state index in [1.165, 1.54) is 6.42 Å². The van der Waals surface area contributed by atoms with E-state index in [2.05, 4.69) is 11.6 Å². The second-order valence-electron chi connectivity index (χ2n) is 4.72. The summed E-state index contributed by atoms with van der Waals surface area (Å²) >= 11 is 1.88. The lowest BCUT2D eigenvalue weighted by atomic mass is 10.1. The fourth-order valence-electron chi connectivity index (χ4n) is 2.50. The fraction of sp³-hybridized carbons (Fsp3) is 0.500. The van der Waals surface area contributed by atoms with Gasteiger partial charge in [0.1, 0.15) is 6.04 Å². The van der Waals surface area contributed by atoms with Gasteiger partial charge >= 0.3 is 5.97 Å². The molecule has 0 aliphatic heterocycles. The number of benzene rings is 1. The third-order valence-corrected chi connectivity index (χ3v) is 4.59. The third kappa shape index (κ3) is 3.27. The molecule has 0 aromatic heterocycles. The lowest BCUT2D eigenvalue weighted by molar-refractivity contribution is -0.139. The first-order chi connectivity index (χ1) is 8.70. The number of hydrogen-bond donors (Lipinski definition) is 2. The predicted molar refractivity (Wildman–Crippen MR) is 74.9 cm³/mol. The van der Waals surface area contributed by atoms with E-state index in [4.69, 9.17) is 0 Å². The Morgan fingerprint density at radius 1 is 1.39 bits per heavy atom. The van der Waals surface area contributed by atoms with E-state index in [0.717, 1.165) is 18.4 Å². The Morgan fingerprint density at radius 2 is 2.11 bits per heavy atom. The summed E-state index contributed by atoms with van der Waals surface area (Å²) in [5.41, 5.74) is 0.831. The third-order valence-electron chi connectivity index (χ3n) is 3.50. The van der Waals surface area contributed by atoms with Crippen LogP contribution in [0.1, 0.15) is 30.9 Å². The maximum atomic E-state index is 11.4. The SMILES string of the molecule is CSC1CCC(NC(C(=O)O)c2ccccc2)C1. The lowest BCUT2D eigenvalue weighted by Gasteiger charge is -2.20. The molecule has 3 atom stereocenters. The number of nitrogens with one attached hydrogen (secondary N) is 1. The molecular weight excluding hydrogens is 246 g/mol. The average Bonchev–Trinajstić information content (AvgIpc) is 2.84. The molecule has 2 N–H and O–H groups in total. The molecule has 98 valence electrons. The van der Waals surface area contributed by atoms with Crippen LogP contribution < -0.4 is 5.32 Å². The topological polar surface area (TPSA) is 49.3 Å². The molecule has 3 unspecified atom stereocenters. The van der Waals surface area contributed by atoms with Crippen molar-refractivity contribution < 1.29 is 9.90 Å². The number of rotatable bonds is 5. The summed E-state index contributed by atoms with van der Waals surface area (Å²) in [7, 11) is 0. The summed E-state index contributed by atoms with van der Waals surface area (Å²) in [6.07, 6.45) is 5.44. The molecule has 0 amide bonds. The van der Waals surface area contributed by atoms with Crippen LogP contribution in [0.15, 0.2) is 30.3 Å². The second-order valence-corrected chi connectivity index (χ2v) is 5.85. The number of carbonyl (C=O) groups is 1. The molecule has 18 heavy (non-hydrogen) atoms.